The Bertz CT molecular complexity index is 611. The number of benzene rings is 1. The summed E-state index contributed by atoms with van der Waals surface area (Å²) in [6.45, 7) is 3.19. The van der Waals surface area contributed by atoms with Crippen LogP contribution in [0.25, 0.3) is 0 Å². The number of aromatic nitrogens is 2. The Morgan fingerprint density at radius 3 is 2.64 bits per heavy atom. The van der Waals surface area contributed by atoms with Gasteiger partial charge in [0.2, 0.25) is 0 Å². The van der Waals surface area contributed by atoms with Crippen LogP contribution in [0.1, 0.15) is 18.6 Å². The molecule has 0 radical (unpaired) electrons. The van der Waals surface area contributed by atoms with Gasteiger partial charge in [0.15, 0.2) is 6.10 Å². The van der Waals surface area contributed by atoms with E-state index in [2.05, 4.69) is 10.3 Å². The Morgan fingerprint density at radius 1 is 1.36 bits per heavy atom. The zero-order valence-electron chi connectivity index (χ0n) is 12.0. The van der Waals surface area contributed by atoms with E-state index in [0.29, 0.717) is 22.2 Å². The molecule has 2 rings (SSSR count). The molecule has 0 aliphatic carbocycles. The number of halogens is 2. The van der Waals surface area contributed by atoms with Crippen molar-refractivity contribution in [2.75, 3.05) is 6.54 Å². The lowest BCUT2D eigenvalue weighted by Crippen LogP contribution is -2.33. The Hall–Kier alpha value is -1.56. The topological polar surface area (TPSA) is 67.2 Å². The molecule has 0 aliphatic heterocycles. The van der Waals surface area contributed by atoms with Gasteiger partial charge in [-0.15, -0.1) is 0 Å². The van der Waals surface area contributed by atoms with Crippen LogP contribution in [0.2, 0.25) is 10.0 Å². The molecule has 1 heterocycles. The molecule has 0 unspecified atom stereocenters. The molecule has 0 fully saturated rings. The third kappa shape index (κ3) is 4.73. The lowest BCUT2D eigenvalue weighted by Gasteiger charge is -2.16. The molecular weight excluding hydrogens is 325 g/mol. The van der Waals surface area contributed by atoms with Crippen LogP contribution in [-0.2, 0) is 11.3 Å². The van der Waals surface area contributed by atoms with Gasteiger partial charge >= 0.3 is 0 Å². The van der Waals surface area contributed by atoms with Gasteiger partial charge in [-0.25, -0.2) is 4.98 Å². The summed E-state index contributed by atoms with van der Waals surface area (Å²) < 4.78 is 1.93. The third-order valence-electron chi connectivity index (χ3n) is 3.16. The number of carbonyl (C=O) groups excluding carboxylic acids is 1. The van der Waals surface area contributed by atoms with Gasteiger partial charge in [-0.05, 0) is 29.7 Å². The Kier molecular flexibility index (Phi) is 5.83. The highest BCUT2D eigenvalue weighted by Crippen LogP contribution is 2.23. The maximum atomic E-state index is 12.0. The SMILES string of the molecule is C[C@H](CNC(=O)[C@@H](O)c1cc(Cl)cc(Cl)c1)Cn1ccnc1. The molecule has 5 nitrogen and oxygen atoms in total. The van der Waals surface area contributed by atoms with Crippen molar-refractivity contribution in [2.45, 2.75) is 19.6 Å². The lowest BCUT2D eigenvalue weighted by molar-refractivity contribution is -0.129. The van der Waals surface area contributed by atoms with Crippen LogP contribution in [0.4, 0.5) is 0 Å². The smallest absolute Gasteiger partial charge is 0.253 e. The van der Waals surface area contributed by atoms with E-state index in [1.165, 1.54) is 12.1 Å². The first kappa shape index (κ1) is 16.8. The van der Waals surface area contributed by atoms with Crippen molar-refractivity contribution in [3.05, 3.63) is 52.5 Å². The first-order valence-corrected chi connectivity index (χ1v) is 7.59. The molecule has 2 aromatic rings. The highest BCUT2D eigenvalue weighted by Gasteiger charge is 2.18. The van der Waals surface area contributed by atoms with E-state index >= 15 is 0 Å². The number of amides is 1. The minimum Gasteiger partial charge on any atom is -0.378 e. The summed E-state index contributed by atoms with van der Waals surface area (Å²) in [5.41, 5.74) is 0.372. The van der Waals surface area contributed by atoms with Crippen LogP contribution in [0.15, 0.2) is 36.9 Å². The summed E-state index contributed by atoms with van der Waals surface area (Å²) in [6, 6.07) is 4.59. The van der Waals surface area contributed by atoms with Gasteiger partial charge in [0.25, 0.3) is 5.91 Å². The van der Waals surface area contributed by atoms with Gasteiger partial charge in [-0.3, -0.25) is 4.79 Å². The maximum Gasteiger partial charge on any atom is 0.253 e. The summed E-state index contributed by atoms with van der Waals surface area (Å²) in [4.78, 5) is 16.0. The Morgan fingerprint density at radius 2 is 2.05 bits per heavy atom. The Labute approximate surface area is 138 Å². The van der Waals surface area contributed by atoms with E-state index in [-0.39, 0.29) is 5.92 Å². The quantitative estimate of drug-likeness (QED) is 0.848. The number of aliphatic hydroxyl groups is 1. The zero-order chi connectivity index (χ0) is 16.1. The molecule has 2 N–H and O–H groups in total. The molecule has 0 saturated heterocycles. The lowest BCUT2D eigenvalue weighted by atomic mass is 10.1. The molecule has 0 bridgehead atoms. The fourth-order valence-electron chi connectivity index (χ4n) is 2.08. The first-order chi connectivity index (χ1) is 10.5. The molecule has 7 heteroatoms. The Balaban J connectivity index is 1.88. The van der Waals surface area contributed by atoms with Crippen LogP contribution in [0, 0.1) is 5.92 Å². The van der Waals surface area contributed by atoms with Gasteiger partial charge in [0, 0.05) is 35.5 Å². The van der Waals surface area contributed by atoms with Crippen LogP contribution in [0.5, 0.6) is 0 Å². The van der Waals surface area contributed by atoms with Gasteiger partial charge in [-0.2, -0.15) is 0 Å². The van der Waals surface area contributed by atoms with Crippen LogP contribution in [0.3, 0.4) is 0 Å². The minimum absolute atomic E-state index is 0.202. The fourth-order valence-corrected chi connectivity index (χ4v) is 2.62. The summed E-state index contributed by atoms with van der Waals surface area (Å²) in [5, 5.41) is 13.5. The van der Waals surface area contributed by atoms with Gasteiger partial charge in [-0.1, -0.05) is 30.1 Å². The highest BCUT2D eigenvalue weighted by molar-refractivity contribution is 6.34. The summed E-state index contributed by atoms with van der Waals surface area (Å²) in [7, 11) is 0. The average Bonchev–Trinajstić information content (AvgIpc) is 2.95. The van der Waals surface area contributed by atoms with Crippen molar-refractivity contribution in [3.8, 4) is 0 Å². The molecule has 0 aliphatic rings. The number of rotatable bonds is 6. The van der Waals surface area contributed by atoms with Crippen molar-refractivity contribution in [3.63, 3.8) is 0 Å². The van der Waals surface area contributed by atoms with Crippen LogP contribution >= 0.6 is 23.2 Å². The second-order valence-electron chi connectivity index (χ2n) is 5.22. The maximum absolute atomic E-state index is 12.0. The number of aliphatic hydroxyl groups excluding tert-OH is 1. The number of imidazole rings is 1. The second kappa shape index (κ2) is 7.63. The van der Waals surface area contributed by atoms with Crippen LogP contribution in [-0.4, -0.2) is 27.1 Å². The number of nitrogens with one attached hydrogen (secondary N) is 1. The predicted octanol–water partition coefficient (Wildman–Crippen LogP) is 2.68. The summed E-state index contributed by atoms with van der Waals surface area (Å²) in [6.07, 6.45) is 4.00. The van der Waals surface area contributed by atoms with Crippen molar-refractivity contribution >= 4 is 29.1 Å². The molecule has 0 spiro atoms. The van der Waals surface area contributed by atoms with E-state index in [4.69, 9.17) is 23.2 Å². The van der Waals surface area contributed by atoms with Crippen LogP contribution < -0.4 is 5.32 Å². The predicted molar refractivity (Wildman–Crippen MR) is 85.8 cm³/mol. The largest absolute Gasteiger partial charge is 0.378 e. The second-order valence-corrected chi connectivity index (χ2v) is 6.09. The molecule has 1 aromatic carbocycles. The molecular formula is C15H17Cl2N3O2. The van der Waals surface area contributed by atoms with Crippen molar-refractivity contribution in [1.29, 1.82) is 0 Å². The van der Waals surface area contributed by atoms with Gasteiger partial charge in [0.1, 0.15) is 0 Å². The molecule has 1 amide bonds. The van der Waals surface area contributed by atoms with Crippen molar-refractivity contribution < 1.29 is 9.90 Å². The minimum atomic E-state index is -1.29. The molecule has 118 valence electrons. The average molecular weight is 342 g/mol. The number of nitrogens with zero attached hydrogens (tertiary/aromatic N) is 2. The summed E-state index contributed by atoms with van der Waals surface area (Å²) >= 11 is 11.7. The number of hydrogen-bond acceptors (Lipinski definition) is 3. The summed E-state index contributed by atoms with van der Waals surface area (Å²) in [5.74, 6) is -0.274. The third-order valence-corrected chi connectivity index (χ3v) is 3.59. The highest BCUT2D eigenvalue weighted by atomic mass is 35.5. The van der Waals surface area contributed by atoms with E-state index in [9.17, 15) is 9.90 Å². The zero-order valence-corrected chi connectivity index (χ0v) is 13.6. The van der Waals surface area contributed by atoms with Crippen molar-refractivity contribution in [2.24, 2.45) is 5.92 Å². The molecule has 2 atom stereocenters. The molecule has 0 saturated carbocycles. The number of carbonyl (C=O) groups is 1. The van der Waals surface area contributed by atoms with Crippen molar-refractivity contribution in [1.82, 2.24) is 14.9 Å². The molecule has 22 heavy (non-hydrogen) atoms. The normalized spacial score (nSPS) is 13.6. The van der Waals surface area contributed by atoms with Gasteiger partial charge < -0.3 is 15.0 Å². The standard InChI is InChI=1S/C15H17Cl2N3O2/c1-10(8-20-3-2-18-9-20)7-19-15(22)14(21)11-4-12(16)6-13(17)5-11/h2-6,9-10,14,21H,7-8H2,1H3,(H,19,22)/t10-,14+/m1/s1. The molecule has 1 aromatic heterocycles. The van der Waals surface area contributed by atoms with E-state index < -0.39 is 12.0 Å². The van der Waals surface area contributed by atoms with Gasteiger partial charge in [0.05, 0.1) is 6.33 Å². The monoisotopic (exact) mass is 341 g/mol. The fraction of sp³-hybridized carbons (Fsp3) is 0.333. The van der Waals surface area contributed by atoms with E-state index in [0.717, 1.165) is 6.54 Å². The first-order valence-electron chi connectivity index (χ1n) is 6.83. The van der Waals surface area contributed by atoms with E-state index in [1.54, 1.807) is 18.6 Å². The number of hydrogen-bond donors (Lipinski definition) is 2. The van der Waals surface area contributed by atoms with E-state index in [1.807, 2.05) is 17.7 Å².